The summed E-state index contributed by atoms with van der Waals surface area (Å²) in [5, 5.41) is 2.26. The van der Waals surface area contributed by atoms with Gasteiger partial charge in [0.25, 0.3) is 5.91 Å². The first-order valence-corrected chi connectivity index (χ1v) is 4.77. The molecular weight excluding hydrogens is 190 g/mol. The molecule has 3 nitrogen and oxygen atoms in total. The number of aryl methyl sites for hydroxylation is 1. The van der Waals surface area contributed by atoms with Crippen LogP contribution in [0.15, 0.2) is 29.8 Å². The Morgan fingerprint density at radius 2 is 2.00 bits per heavy atom. The van der Waals surface area contributed by atoms with Gasteiger partial charge in [0.15, 0.2) is 0 Å². The molecule has 1 aromatic rings. The van der Waals surface area contributed by atoms with Crippen molar-refractivity contribution in [2.75, 3.05) is 0 Å². The van der Waals surface area contributed by atoms with E-state index >= 15 is 0 Å². The molecule has 1 aromatic carbocycles. The predicted octanol–water partition coefficient (Wildman–Crippen LogP) is 1.42. The molecule has 76 valence electrons. The van der Waals surface area contributed by atoms with Gasteiger partial charge >= 0.3 is 0 Å². The van der Waals surface area contributed by atoms with Crippen molar-refractivity contribution < 1.29 is 9.59 Å². The predicted molar refractivity (Wildman–Crippen MR) is 56.9 cm³/mol. The summed E-state index contributed by atoms with van der Waals surface area (Å²) in [6.07, 6.45) is 1.96. The van der Waals surface area contributed by atoms with Gasteiger partial charge in [-0.2, -0.15) is 0 Å². The van der Waals surface area contributed by atoms with Crippen molar-refractivity contribution in [3.8, 4) is 0 Å². The second-order valence-electron chi connectivity index (χ2n) is 3.58. The van der Waals surface area contributed by atoms with Crippen molar-refractivity contribution in [3.05, 3.63) is 41.0 Å². The molecule has 1 aliphatic rings. The fourth-order valence-electron chi connectivity index (χ4n) is 1.56. The Bertz CT molecular complexity index is 460. The van der Waals surface area contributed by atoms with Crippen LogP contribution in [0.4, 0.5) is 0 Å². The van der Waals surface area contributed by atoms with Crippen molar-refractivity contribution >= 4 is 17.9 Å². The summed E-state index contributed by atoms with van der Waals surface area (Å²) in [7, 11) is 0. The van der Waals surface area contributed by atoms with Gasteiger partial charge in [-0.15, -0.1) is 0 Å². The monoisotopic (exact) mass is 201 g/mol. The first-order chi connectivity index (χ1) is 7.16. The maximum absolute atomic E-state index is 11.3. The van der Waals surface area contributed by atoms with Crippen LogP contribution in [-0.2, 0) is 9.59 Å². The summed E-state index contributed by atoms with van der Waals surface area (Å²) in [5.41, 5.74) is 2.61. The Morgan fingerprint density at radius 1 is 1.27 bits per heavy atom. The zero-order chi connectivity index (χ0) is 10.8. The van der Waals surface area contributed by atoms with E-state index in [0.29, 0.717) is 5.57 Å². The third-order valence-corrected chi connectivity index (χ3v) is 2.41. The van der Waals surface area contributed by atoms with E-state index in [4.69, 9.17) is 0 Å². The van der Waals surface area contributed by atoms with Gasteiger partial charge in [0, 0.05) is 5.57 Å². The number of carbonyl (C=O) groups is 2. The van der Waals surface area contributed by atoms with Crippen LogP contribution in [0.3, 0.4) is 0 Å². The summed E-state index contributed by atoms with van der Waals surface area (Å²) < 4.78 is 0. The van der Waals surface area contributed by atoms with Gasteiger partial charge in [-0.3, -0.25) is 14.9 Å². The lowest BCUT2D eigenvalue weighted by molar-refractivity contribution is -0.124. The lowest BCUT2D eigenvalue weighted by atomic mass is 10.1. The Balaban J connectivity index is 2.35. The summed E-state index contributed by atoms with van der Waals surface area (Å²) in [5.74, 6) is -0.497. The molecule has 1 aliphatic heterocycles. The summed E-state index contributed by atoms with van der Waals surface area (Å²) in [4.78, 5) is 22.3. The Morgan fingerprint density at radius 3 is 2.60 bits per heavy atom. The molecule has 0 atom stereocenters. The molecule has 1 heterocycles. The van der Waals surface area contributed by atoms with E-state index in [9.17, 15) is 9.59 Å². The van der Waals surface area contributed by atoms with Gasteiger partial charge in [-0.05, 0) is 24.1 Å². The minimum absolute atomic E-state index is 0.188. The molecule has 0 bridgehead atoms. The number of imide groups is 1. The van der Waals surface area contributed by atoms with E-state index < -0.39 is 0 Å². The largest absolute Gasteiger partial charge is 0.292 e. The SMILES string of the molecule is Cc1ccccc1C=C1CC(=O)NC1=O. The summed E-state index contributed by atoms with van der Waals surface area (Å²) >= 11 is 0. The van der Waals surface area contributed by atoms with Crippen LogP contribution in [0.1, 0.15) is 17.5 Å². The Kier molecular flexibility index (Phi) is 2.37. The number of hydrogen-bond acceptors (Lipinski definition) is 2. The van der Waals surface area contributed by atoms with Gasteiger partial charge in [-0.25, -0.2) is 0 Å². The molecule has 1 fully saturated rings. The normalized spacial score (nSPS) is 18.3. The molecule has 0 radical (unpaired) electrons. The van der Waals surface area contributed by atoms with Crippen molar-refractivity contribution in [2.45, 2.75) is 13.3 Å². The minimum Gasteiger partial charge on any atom is -0.292 e. The number of nitrogens with one attached hydrogen (secondary N) is 1. The Labute approximate surface area is 87.8 Å². The highest BCUT2D eigenvalue weighted by atomic mass is 16.2. The molecule has 0 aromatic heterocycles. The van der Waals surface area contributed by atoms with E-state index in [1.807, 2.05) is 31.2 Å². The second kappa shape index (κ2) is 3.69. The number of amides is 2. The highest BCUT2D eigenvalue weighted by Gasteiger charge is 2.23. The highest BCUT2D eigenvalue weighted by Crippen LogP contribution is 2.16. The fraction of sp³-hybridized carbons (Fsp3) is 0.167. The molecule has 1 saturated heterocycles. The van der Waals surface area contributed by atoms with E-state index in [2.05, 4.69) is 5.32 Å². The van der Waals surface area contributed by atoms with Crippen LogP contribution in [0.25, 0.3) is 6.08 Å². The first-order valence-electron chi connectivity index (χ1n) is 4.77. The summed E-state index contributed by atoms with van der Waals surface area (Å²) in [6.45, 7) is 1.97. The third-order valence-electron chi connectivity index (χ3n) is 2.41. The topological polar surface area (TPSA) is 46.2 Å². The van der Waals surface area contributed by atoms with E-state index in [1.165, 1.54) is 0 Å². The van der Waals surface area contributed by atoms with Crippen molar-refractivity contribution in [1.82, 2.24) is 5.32 Å². The highest BCUT2D eigenvalue weighted by molar-refractivity contribution is 6.15. The molecule has 0 saturated carbocycles. The molecular formula is C12H11NO2. The second-order valence-corrected chi connectivity index (χ2v) is 3.58. The molecule has 1 N–H and O–H groups in total. The van der Waals surface area contributed by atoms with E-state index in [1.54, 1.807) is 6.08 Å². The van der Waals surface area contributed by atoms with E-state index in [-0.39, 0.29) is 18.2 Å². The van der Waals surface area contributed by atoms with E-state index in [0.717, 1.165) is 11.1 Å². The molecule has 2 amide bonds. The van der Waals surface area contributed by atoms with Crippen molar-refractivity contribution in [1.29, 1.82) is 0 Å². The van der Waals surface area contributed by atoms with Gasteiger partial charge in [0.2, 0.25) is 5.91 Å². The van der Waals surface area contributed by atoms with Gasteiger partial charge in [0.1, 0.15) is 0 Å². The molecule has 0 aliphatic carbocycles. The van der Waals surface area contributed by atoms with Gasteiger partial charge < -0.3 is 0 Å². The number of hydrogen-bond donors (Lipinski definition) is 1. The molecule has 15 heavy (non-hydrogen) atoms. The van der Waals surface area contributed by atoms with Crippen LogP contribution in [0.2, 0.25) is 0 Å². The average Bonchev–Trinajstić information content (AvgIpc) is 2.49. The van der Waals surface area contributed by atoms with Gasteiger partial charge in [0.05, 0.1) is 6.42 Å². The lowest BCUT2D eigenvalue weighted by Crippen LogP contribution is -2.19. The maximum atomic E-state index is 11.3. The minimum atomic E-state index is -0.275. The standard InChI is InChI=1S/C12H11NO2/c1-8-4-2-3-5-9(8)6-10-7-11(14)13-12(10)15/h2-6H,7H2,1H3,(H,13,14,15). The third kappa shape index (κ3) is 1.96. The van der Waals surface area contributed by atoms with Crippen LogP contribution in [0.5, 0.6) is 0 Å². The maximum Gasteiger partial charge on any atom is 0.254 e. The van der Waals surface area contributed by atoms with Crippen LogP contribution < -0.4 is 5.32 Å². The van der Waals surface area contributed by atoms with Crippen LogP contribution >= 0.6 is 0 Å². The lowest BCUT2D eigenvalue weighted by Gasteiger charge is -1.99. The van der Waals surface area contributed by atoms with Crippen LogP contribution in [0, 0.1) is 6.92 Å². The number of rotatable bonds is 1. The van der Waals surface area contributed by atoms with Crippen LogP contribution in [-0.4, -0.2) is 11.8 Å². The molecule has 0 spiro atoms. The summed E-state index contributed by atoms with van der Waals surface area (Å²) in [6, 6.07) is 7.75. The molecule has 2 rings (SSSR count). The van der Waals surface area contributed by atoms with Crippen molar-refractivity contribution in [3.63, 3.8) is 0 Å². The smallest absolute Gasteiger partial charge is 0.254 e. The molecule has 0 unspecified atom stereocenters. The Hall–Kier alpha value is -1.90. The molecule has 3 heteroatoms. The van der Waals surface area contributed by atoms with Gasteiger partial charge in [-0.1, -0.05) is 24.3 Å². The van der Waals surface area contributed by atoms with Crippen molar-refractivity contribution in [2.24, 2.45) is 0 Å². The average molecular weight is 201 g/mol. The number of carbonyl (C=O) groups excluding carboxylic acids is 2. The quantitative estimate of drug-likeness (QED) is 0.551. The first kappa shape index (κ1) is 9.65. The fourth-order valence-corrected chi connectivity index (χ4v) is 1.56. The number of benzene rings is 1. The zero-order valence-corrected chi connectivity index (χ0v) is 8.41. The zero-order valence-electron chi connectivity index (χ0n) is 8.41.